The average molecular weight is 373 g/mol. The number of aliphatic carboxylic acids is 1. The molecule has 136 valence electrons. The van der Waals surface area contributed by atoms with Crippen LogP contribution in [-0.2, 0) is 14.3 Å². The number of hydrogen-bond acceptors (Lipinski definition) is 5. The van der Waals surface area contributed by atoms with Gasteiger partial charge >= 0.3 is 11.9 Å². The minimum absolute atomic E-state index is 0.0370. The first-order chi connectivity index (χ1) is 12.5. The minimum Gasteiger partial charge on any atom is -0.480 e. The number of carbonyl (C=O) groups excluding carboxylic acids is 2. The van der Waals surface area contributed by atoms with Crippen LogP contribution in [-0.4, -0.2) is 40.5 Å². The van der Waals surface area contributed by atoms with Gasteiger partial charge in [0.15, 0.2) is 0 Å². The number of benzene rings is 1. The predicted molar refractivity (Wildman–Crippen MR) is 95.8 cm³/mol. The Hall–Kier alpha value is -2.67. The van der Waals surface area contributed by atoms with Crippen molar-refractivity contribution in [1.82, 2.24) is 4.90 Å². The Balaban J connectivity index is 2.05. The molecule has 26 heavy (non-hydrogen) atoms. The summed E-state index contributed by atoms with van der Waals surface area (Å²) in [6, 6.07) is 10.4. The SMILES string of the molecule is CCOC(=O)C1CC(C(=O)O)N(C(=O)c2ccccc2)C1c1cccs1. The van der Waals surface area contributed by atoms with E-state index >= 15 is 0 Å². The second kappa shape index (κ2) is 7.70. The molecule has 3 rings (SSSR count). The zero-order valence-corrected chi connectivity index (χ0v) is 15.0. The largest absolute Gasteiger partial charge is 0.480 e. The van der Waals surface area contributed by atoms with E-state index in [1.165, 1.54) is 16.2 Å². The molecule has 1 fully saturated rings. The van der Waals surface area contributed by atoms with Gasteiger partial charge in [-0.15, -0.1) is 11.3 Å². The van der Waals surface area contributed by atoms with Crippen molar-refractivity contribution >= 4 is 29.2 Å². The Kier molecular flexibility index (Phi) is 5.37. The highest BCUT2D eigenvalue weighted by Crippen LogP contribution is 2.44. The van der Waals surface area contributed by atoms with Crippen LogP contribution in [0.4, 0.5) is 0 Å². The molecule has 0 saturated carbocycles. The summed E-state index contributed by atoms with van der Waals surface area (Å²) < 4.78 is 5.15. The smallest absolute Gasteiger partial charge is 0.326 e. The van der Waals surface area contributed by atoms with Crippen molar-refractivity contribution in [2.24, 2.45) is 5.92 Å². The quantitative estimate of drug-likeness (QED) is 0.815. The summed E-state index contributed by atoms with van der Waals surface area (Å²) in [5.41, 5.74) is 0.393. The van der Waals surface area contributed by atoms with E-state index in [2.05, 4.69) is 0 Å². The highest BCUT2D eigenvalue weighted by Gasteiger charge is 2.51. The number of carboxylic acid groups (broad SMARTS) is 1. The van der Waals surface area contributed by atoms with Crippen molar-refractivity contribution in [3.05, 3.63) is 58.3 Å². The molecule has 1 aromatic carbocycles. The molecular formula is C19H19NO5S. The lowest BCUT2D eigenvalue weighted by Crippen LogP contribution is -2.42. The van der Waals surface area contributed by atoms with Gasteiger partial charge in [0.25, 0.3) is 5.91 Å². The summed E-state index contributed by atoms with van der Waals surface area (Å²) in [4.78, 5) is 39.5. The minimum atomic E-state index is -1.12. The number of nitrogens with zero attached hydrogens (tertiary/aromatic N) is 1. The third-order valence-electron chi connectivity index (χ3n) is 4.46. The van der Waals surface area contributed by atoms with E-state index in [0.29, 0.717) is 5.56 Å². The van der Waals surface area contributed by atoms with Gasteiger partial charge in [0.2, 0.25) is 0 Å². The van der Waals surface area contributed by atoms with Gasteiger partial charge in [0.1, 0.15) is 6.04 Å². The van der Waals surface area contributed by atoms with E-state index in [4.69, 9.17) is 4.74 Å². The molecule has 7 heteroatoms. The maximum absolute atomic E-state index is 13.1. The highest BCUT2D eigenvalue weighted by atomic mass is 32.1. The molecule has 3 unspecified atom stereocenters. The first-order valence-corrected chi connectivity index (χ1v) is 9.23. The number of hydrogen-bond donors (Lipinski definition) is 1. The molecule has 2 aromatic rings. The molecular weight excluding hydrogens is 354 g/mol. The third-order valence-corrected chi connectivity index (χ3v) is 5.40. The molecule has 3 atom stereocenters. The number of ether oxygens (including phenoxy) is 1. The fraction of sp³-hybridized carbons (Fsp3) is 0.316. The van der Waals surface area contributed by atoms with Crippen molar-refractivity contribution < 1.29 is 24.2 Å². The van der Waals surface area contributed by atoms with Gasteiger partial charge in [0, 0.05) is 10.4 Å². The van der Waals surface area contributed by atoms with E-state index in [1.54, 1.807) is 37.3 Å². The summed E-state index contributed by atoms with van der Waals surface area (Å²) in [5, 5.41) is 11.5. The normalized spacial score (nSPS) is 22.2. The molecule has 1 N–H and O–H groups in total. The Morgan fingerprint density at radius 3 is 2.50 bits per heavy atom. The summed E-state index contributed by atoms with van der Waals surface area (Å²) >= 11 is 1.39. The summed E-state index contributed by atoms with van der Waals surface area (Å²) in [5.74, 6) is -2.70. The molecule has 6 nitrogen and oxygen atoms in total. The predicted octanol–water partition coefficient (Wildman–Crippen LogP) is 2.97. The molecule has 1 saturated heterocycles. The van der Waals surface area contributed by atoms with Gasteiger partial charge in [-0.05, 0) is 36.9 Å². The van der Waals surface area contributed by atoms with Gasteiger partial charge in [0.05, 0.1) is 18.6 Å². The molecule has 1 amide bonds. The van der Waals surface area contributed by atoms with Gasteiger partial charge in [-0.1, -0.05) is 24.3 Å². The van der Waals surface area contributed by atoms with Crippen LogP contribution in [0.5, 0.6) is 0 Å². The molecule has 1 aliphatic rings. The van der Waals surface area contributed by atoms with Crippen LogP contribution in [0.2, 0.25) is 0 Å². The first kappa shape index (κ1) is 18.1. The van der Waals surface area contributed by atoms with Crippen molar-refractivity contribution in [3.8, 4) is 0 Å². The average Bonchev–Trinajstić information content (AvgIpc) is 3.29. The molecule has 0 radical (unpaired) electrons. The number of carboxylic acids is 1. The van der Waals surface area contributed by atoms with Crippen molar-refractivity contribution in [2.45, 2.75) is 25.4 Å². The number of likely N-dealkylation sites (tertiary alicyclic amines) is 1. The third kappa shape index (κ3) is 3.35. The lowest BCUT2D eigenvalue weighted by atomic mass is 9.97. The van der Waals surface area contributed by atoms with Gasteiger partial charge in [-0.25, -0.2) is 4.79 Å². The standard InChI is InChI=1S/C19H19NO5S/c1-2-25-19(24)13-11-14(18(22)23)20(16(13)15-9-6-10-26-15)17(21)12-7-4-3-5-8-12/h3-10,13-14,16H,2,11H2,1H3,(H,22,23). The van der Waals surface area contributed by atoms with Crippen LogP contribution in [0, 0.1) is 5.92 Å². The number of esters is 1. The number of rotatable bonds is 5. The van der Waals surface area contributed by atoms with Crippen LogP contribution in [0.1, 0.15) is 34.6 Å². The van der Waals surface area contributed by atoms with E-state index < -0.39 is 35.8 Å². The monoisotopic (exact) mass is 373 g/mol. The molecule has 0 spiro atoms. The summed E-state index contributed by atoms with van der Waals surface area (Å²) in [6.07, 6.45) is 0.0370. The lowest BCUT2D eigenvalue weighted by Gasteiger charge is -2.29. The van der Waals surface area contributed by atoms with Gasteiger partial charge in [-0.2, -0.15) is 0 Å². The second-order valence-electron chi connectivity index (χ2n) is 5.99. The molecule has 0 bridgehead atoms. The van der Waals surface area contributed by atoms with Crippen LogP contribution in [0.3, 0.4) is 0 Å². The van der Waals surface area contributed by atoms with Crippen molar-refractivity contribution in [2.75, 3.05) is 6.61 Å². The zero-order valence-electron chi connectivity index (χ0n) is 14.2. The summed E-state index contributed by atoms with van der Waals surface area (Å²) in [7, 11) is 0. The molecule has 0 aliphatic carbocycles. The van der Waals surface area contributed by atoms with E-state index in [1.807, 2.05) is 17.5 Å². The lowest BCUT2D eigenvalue weighted by molar-refractivity contribution is -0.148. The van der Waals surface area contributed by atoms with Gasteiger partial charge < -0.3 is 14.7 Å². The Morgan fingerprint density at radius 2 is 1.92 bits per heavy atom. The molecule has 1 aromatic heterocycles. The first-order valence-electron chi connectivity index (χ1n) is 8.35. The summed E-state index contributed by atoms with van der Waals surface area (Å²) in [6.45, 7) is 1.91. The maximum Gasteiger partial charge on any atom is 0.326 e. The van der Waals surface area contributed by atoms with E-state index in [0.717, 1.165) is 4.88 Å². The molecule has 2 heterocycles. The Morgan fingerprint density at radius 1 is 1.19 bits per heavy atom. The Bertz CT molecular complexity index is 790. The van der Waals surface area contributed by atoms with E-state index in [9.17, 15) is 19.5 Å². The maximum atomic E-state index is 13.1. The topological polar surface area (TPSA) is 83.9 Å². The van der Waals surface area contributed by atoms with Crippen LogP contribution < -0.4 is 0 Å². The van der Waals surface area contributed by atoms with Crippen LogP contribution in [0.25, 0.3) is 0 Å². The van der Waals surface area contributed by atoms with Crippen molar-refractivity contribution in [3.63, 3.8) is 0 Å². The zero-order chi connectivity index (χ0) is 18.7. The fourth-order valence-electron chi connectivity index (χ4n) is 3.36. The number of carbonyl (C=O) groups is 3. The van der Waals surface area contributed by atoms with Crippen molar-refractivity contribution in [1.29, 1.82) is 0 Å². The Labute approximate surface area is 155 Å². The second-order valence-corrected chi connectivity index (χ2v) is 6.97. The highest BCUT2D eigenvalue weighted by molar-refractivity contribution is 7.10. The number of amides is 1. The number of thiophene rings is 1. The fourth-order valence-corrected chi connectivity index (χ4v) is 4.25. The van der Waals surface area contributed by atoms with E-state index in [-0.39, 0.29) is 13.0 Å². The van der Waals surface area contributed by atoms with Crippen LogP contribution >= 0.6 is 11.3 Å². The van der Waals surface area contributed by atoms with Crippen LogP contribution in [0.15, 0.2) is 47.8 Å². The van der Waals surface area contributed by atoms with Gasteiger partial charge in [-0.3, -0.25) is 9.59 Å². The molecule has 1 aliphatic heterocycles.